The number of rotatable bonds is 3. The van der Waals surface area contributed by atoms with Gasteiger partial charge in [-0.2, -0.15) is 0 Å². The number of benzene rings is 1. The summed E-state index contributed by atoms with van der Waals surface area (Å²) >= 11 is 5.65. The van der Waals surface area contributed by atoms with Crippen LogP contribution in [0.1, 0.15) is 6.42 Å². The summed E-state index contributed by atoms with van der Waals surface area (Å²) in [5.41, 5.74) is 5.74. The summed E-state index contributed by atoms with van der Waals surface area (Å²) in [7, 11) is 1.59. The molecule has 3 atom stereocenters. The SMILES string of the molecule is COC1C(N)CC1Oc1ccc(F)c(Cl)c1. The maximum Gasteiger partial charge on any atom is 0.142 e. The Morgan fingerprint density at radius 2 is 2.25 bits per heavy atom. The van der Waals surface area contributed by atoms with Gasteiger partial charge in [0.25, 0.3) is 0 Å². The fourth-order valence-electron chi connectivity index (χ4n) is 1.78. The van der Waals surface area contributed by atoms with Gasteiger partial charge < -0.3 is 15.2 Å². The van der Waals surface area contributed by atoms with Crippen molar-refractivity contribution in [3.8, 4) is 5.75 Å². The van der Waals surface area contributed by atoms with Crippen molar-refractivity contribution in [1.29, 1.82) is 0 Å². The third-order valence-corrected chi connectivity index (χ3v) is 3.03. The lowest BCUT2D eigenvalue weighted by atomic mass is 9.86. The summed E-state index contributed by atoms with van der Waals surface area (Å²) in [4.78, 5) is 0. The summed E-state index contributed by atoms with van der Waals surface area (Å²) < 4.78 is 23.7. The van der Waals surface area contributed by atoms with Crippen molar-refractivity contribution in [1.82, 2.24) is 0 Å². The van der Waals surface area contributed by atoms with Crippen molar-refractivity contribution in [2.75, 3.05) is 7.11 Å². The van der Waals surface area contributed by atoms with E-state index >= 15 is 0 Å². The summed E-state index contributed by atoms with van der Waals surface area (Å²) in [5, 5.41) is 0.0510. The number of nitrogens with two attached hydrogens (primary N) is 1. The van der Waals surface area contributed by atoms with Crippen LogP contribution in [0.2, 0.25) is 5.02 Å². The Labute approximate surface area is 98.3 Å². The molecule has 3 nitrogen and oxygen atoms in total. The van der Waals surface area contributed by atoms with Crippen LogP contribution in [-0.2, 0) is 4.74 Å². The van der Waals surface area contributed by atoms with Crippen molar-refractivity contribution in [3.05, 3.63) is 29.0 Å². The first kappa shape index (κ1) is 11.6. The summed E-state index contributed by atoms with van der Waals surface area (Å²) in [5.74, 6) is 0.0768. The van der Waals surface area contributed by atoms with Crippen LogP contribution in [0.15, 0.2) is 18.2 Å². The molecule has 1 fully saturated rings. The molecule has 16 heavy (non-hydrogen) atoms. The van der Waals surface area contributed by atoms with Crippen LogP contribution in [0.5, 0.6) is 5.75 Å². The molecule has 1 aliphatic rings. The average Bonchev–Trinajstić information content (AvgIpc) is 2.23. The van der Waals surface area contributed by atoms with Gasteiger partial charge in [0.15, 0.2) is 0 Å². The molecule has 2 N–H and O–H groups in total. The van der Waals surface area contributed by atoms with E-state index in [-0.39, 0.29) is 23.3 Å². The van der Waals surface area contributed by atoms with Gasteiger partial charge in [0.05, 0.1) is 5.02 Å². The monoisotopic (exact) mass is 245 g/mol. The van der Waals surface area contributed by atoms with Gasteiger partial charge in [-0.05, 0) is 12.1 Å². The Bertz CT molecular complexity index is 388. The Morgan fingerprint density at radius 1 is 1.50 bits per heavy atom. The topological polar surface area (TPSA) is 44.5 Å². The molecule has 1 aromatic carbocycles. The molecule has 5 heteroatoms. The Morgan fingerprint density at radius 3 is 2.81 bits per heavy atom. The first-order valence-corrected chi connectivity index (χ1v) is 5.39. The number of hydrogen-bond acceptors (Lipinski definition) is 3. The molecule has 1 saturated carbocycles. The Balaban J connectivity index is 2.02. The van der Waals surface area contributed by atoms with Gasteiger partial charge in [-0.25, -0.2) is 4.39 Å². The molecule has 88 valence electrons. The van der Waals surface area contributed by atoms with Crippen molar-refractivity contribution in [3.63, 3.8) is 0 Å². The Hall–Kier alpha value is -0.840. The molecule has 2 rings (SSSR count). The molecule has 0 amide bonds. The van der Waals surface area contributed by atoms with Gasteiger partial charge in [0, 0.05) is 25.6 Å². The molecule has 1 aromatic rings. The van der Waals surface area contributed by atoms with E-state index in [4.69, 9.17) is 26.8 Å². The average molecular weight is 246 g/mol. The maximum absolute atomic E-state index is 12.9. The van der Waals surface area contributed by atoms with Gasteiger partial charge in [-0.3, -0.25) is 0 Å². The van der Waals surface area contributed by atoms with E-state index in [1.807, 2.05) is 0 Å². The summed E-state index contributed by atoms with van der Waals surface area (Å²) in [6.45, 7) is 0. The fourth-order valence-corrected chi connectivity index (χ4v) is 1.95. The third-order valence-electron chi connectivity index (χ3n) is 2.74. The van der Waals surface area contributed by atoms with Crippen LogP contribution >= 0.6 is 11.6 Å². The second-order valence-corrected chi connectivity index (χ2v) is 4.24. The van der Waals surface area contributed by atoms with Crippen molar-refractivity contribution >= 4 is 11.6 Å². The molecule has 3 unspecified atom stereocenters. The smallest absolute Gasteiger partial charge is 0.142 e. The molecule has 0 heterocycles. The minimum atomic E-state index is -0.456. The standard InChI is InChI=1S/C11H13ClFNO2/c1-15-11-9(14)5-10(11)16-6-2-3-8(13)7(12)4-6/h2-4,9-11H,5,14H2,1H3. The molecule has 0 aliphatic heterocycles. The van der Waals surface area contributed by atoms with Crippen LogP contribution in [0, 0.1) is 5.82 Å². The lowest BCUT2D eigenvalue weighted by molar-refractivity contribution is -0.0782. The van der Waals surface area contributed by atoms with E-state index in [1.54, 1.807) is 7.11 Å². The highest BCUT2D eigenvalue weighted by molar-refractivity contribution is 6.30. The quantitative estimate of drug-likeness (QED) is 0.886. The molecule has 0 aromatic heterocycles. The molecule has 0 bridgehead atoms. The van der Waals surface area contributed by atoms with Crippen molar-refractivity contribution < 1.29 is 13.9 Å². The zero-order valence-corrected chi connectivity index (χ0v) is 9.58. The summed E-state index contributed by atoms with van der Waals surface area (Å²) in [6, 6.07) is 4.27. The van der Waals surface area contributed by atoms with Crippen LogP contribution in [0.25, 0.3) is 0 Å². The second kappa shape index (κ2) is 4.57. The molecule has 0 saturated heterocycles. The largest absolute Gasteiger partial charge is 0.488 e. The molecule has 1 aliphatic carbocycles. The van der Waals surface area contributed by atoms with Gasteiger partial charge in [0.1, 0.15) is 23.8 Å². The van der Waals surface area contributed by atoms with Crippen molar-refractivity contribution in [2.45, 2.75) is 24.7 Å². The lowest BCUT2D eigenvalue weighted by Gasteiger charge is -2.40. The van der Waals surface area contributed by atoms with E-state index in [0.717, 1.165) is 6.42 Å². The van der Waals surface area contributed by atoms with Crippen LogP contribution in [-0.4, -0.2) is 25.4 Å². The van der Waals surface area contributed by atoms with Crippen LogP contribution < -0.4 is 10.5 Å². The number of methoxy groups -OCH3 is 1. The van der Waals surface area contributed by atoms with Gasteiger partial charge in [-0.15, -0.1) is 0 Å². The minimum Gasteiger partial charge on any atom is -0.488 e. The maximum atomic E-state index is 12.9. The third kappa shape index (κ3) is 2.14. The van der Waals surface area contributed by atoms with E-state index in [2.05, 4.69) is 0 Å². The second-order valence-electron chi connectivity index (χ2n) is 3.83. The number of halogens is 2. The van der Waals surface area contributed by atoms with Crippen molar-refractivity contribution in [2.24, 2.45) is 5.73 Å². The molecular formula is C11H13ClFNO2. The highest BCUT2D eigenvalue weighted by atomic mass is 35.5. The highest BCUT2D eigenvalue weighted by Gasteiger charge is 2.40. The zero-order valence-electron chi connectivity index (χ0n) is 8.82. The fraction of sp³-hybridized carbons (Fsp3) is 0.455. The van der Waals surface area contributed by atoms with E-state index in [0.29, 0.717) is 5.75 Å². The number of ether oxygens (including phenoxy) is 2. The normalized spacial score (nSPS) is 28.6. The Kier molecular flexibility index (Phi) is 3.33. The zero-order chi connectivity index (χ0) is 11.7. The molecule has 0 radical (unpaired) electrons. The van der Waals surface area contributed by atoms with E-state index in [1.165, 1.54) is 18.2 Å². The van der Waals surface area contributed by atoms with Crippen LogP contribution in [0.4, 0.5) is 4.39 Å². The molecule has 0 spiro atoms. The summed E-state index contributed by atoms with van der Waals surface area (Å²) in [6.07, 6.45) is 0.540. The minimum absolute atomic E-state index is 0.00548. The molecular weight excluding hydrogens is 233 g/mol. The van der Waals surface area contributed by atoms with Gasteiger partial charge >= 0.3 is 0 Å². The first-order chi connectivity index (χ1) is 7.61. The van der Waals surface area contributed by atoms with Gasteiger partial charge in [-0.1, -0.05) is 11.6 Å². The van der Waals surface area contributed by atoms with E-state index in [9.17, 15) is 4.39 Å². The van der Waals surface area contributed by atoms with Gasteiger partial charge in [0.2, 0.25) is 0 Å². The lowest BCUT2D eigenvalue weighted by Crippen LogP contribution is -2.59. The predicted molar refractivity (Wildman–Crippen MR) is 59.2 cm³/mol. The van der Waals surface area contributed by atoms with E-state index < -0.39 is 5.82 Å². The first-order valence-electron chi connectivity index (χ1n) is 5.02. The predicted octanol–water partition coefficient (Wildman–Crippen LogP) is 1.97. The number of hydrogen-bond donors (Lipinski definition) is 1. The van der Waals surface area contributed by atoms with Crippen LogP contribution in [0.3, 0.4) is 0 Å². The highest BCUT2D eigenvalue weighted by Crippen LogP contribution is 2.29.